The lowest BCUT2D eigenvalue weighted by molar-refractivity contribution is 0.649. The summed E-state index contributed by atoms with van der Waals surface area (Å²) in [6.07, 6.45) is 3.96. The Labute approximate surface area is 76.2 Å². The summed E-state index contributed by atoms with van der Waals surface area (Å²) in [5, 5.41) is 3.38. The third kappa shape index (κ3) is 1.00. The molecule has 1 N–H and O–H groups in total. The summed E-state index contributed by atoms with van der Waals surface area (Å²) in [6, 6.07) is 0. The molecule has 64 valence electrons. The van der Waals surface area contributed by atoms with Gasteiger partial charge in [0.2, 0.25) is 0 Å². The number of fused-ring (bicyclic) bond motifs is 1. The van der Waals surface area contributed by atoms with E-state index in [9.17, 15) is 0 Å². The Hall–Kier alpha value is -0.410. The second-order valence-corrected chi connectivity index (χ2v) is 4.53. The molecule has 2 aliphatic rings. The molecule has 0 aromatic carbocycles. The zero-order chi connectivity index (χ0) is 7.97. The Morgan fingerprint density at radius 1 is 1.42 bits per heavy atom. The van der Waals surface area contributed by atoms with E-state index in [1.807, 2.05) is 0 Å². The topological polar surface area (TPSA) is 24.9 Å². The van der Waals surface area contributed by atoms with Crippen LogP contribution in [-0.2, 0) is 13.0 Å². The van der Waals surface area contributed by atoms with Crippen LogP contribution in [0.2, 0.25) is 0 Å². The average molecular weight is 180 g/mol. The van der Waals surface area contributed by atoms with Gasteiger partial charge in [0.1, 0.15) is 0 Å². The molecular formula is C9H12N2S. The lowest BCUT2D eigenvalue weighted by Crippen LogP contribution is -2.22. The minimum atomic E-state index is 0.836. The molecule has 1 aromatic rings. The van der Waals surface area contributed by atoms with Crippen molar-refractivity contribution < 1.29 is 0 Å². The lowest BCUT2D eigenvalue weighted by atomic mass is 10.0. The van der Waals surface area contributed by atoms with Crippen LogP contribution in [0, 0.1) is 0 Å². The normalized spacial score (nSPS) is 22.3. The van der Waals surface area contributed by atoms with Crippen molar-refractivity contribution >= 4 is 11.5 Å². The average Bonchev–Trinajstić information content (AvgIpc) is 2.86. The summed E-state index contributed by atoms with van der Waals surface area (Å²) < 4.78 is 4.56. The van der Waals surface area contributed by atoms with Gasteiger partial charge in [-0.3, -0.25) is 0 Å². The van der Waals surface area contributed by atoms with Gasteiger partial charge in [-0.2, -0.15) is 4.37 Å². The molecule has 0 bridgehead atoms. The van der Waals surface area contributed by atoms with E-state index < -0.39 is 0 Å². The van der Waals surface area contributed by atoms with Crippen LogP contribution in [0.5, 0.6) is 0 Å². The summed E-state index contributed by atoms with van der Waals surface area (Å²) in [5.74, 6) is 0.836. The molecule has 1 aliphatic heterocycles. The molecule has 1 saturated carbocycles. The van der Waals surface area contributed by atoms with Crippen molar-refractivity contribution in [3.63, 3.8) is 0 Å². The zero-order valence-electron chi connectivity index (χ0n) is 6.97. The smallest absolute Gasteiger partial charge is 0.0608 e. The van der Waals surface area contributed by atoms with E-state index in [2.05, 4.69) is 9.69 Å². The first-order valence-corrected chi connectivity index (χ1v) is 5.40. The number of aromatic nitrogens is 1. The van der Waals surface area contributed by atoms with Crippen molar-refractivity contribution in [2.45, 2.75) is 31.7 Å². The molecule has 1 aromatic heterocycles. The van der Waals surface area contributed by atoms with Gasteiger partial charge in [-0.05, 0) is 42.9 Å². The molecule has 0 unspecified atom stereocenters. The van der Waals surface area contributed by atoms with Crippen LogP contribution >= 0.6 is 11.5 Å². The lowest BCUT2D eigenvalue weighted by Gasteiger charge is -2.12. The number of nitrogens with one attached hydrogen (secondary N) is 1. The highest BCUT2D eigenvalue weighted by atomic mass is 32.1. The van der Waals surface area contributed by atoms with E-state index >= 15 is 0 Å². The second-order valence-electron chi connectivity index (χ2n) is 3.67. The van der Waals surface area contributed by atoms with Gasteiger partial charge in [0.15, 0.2) is 0 Å². The molecule has 2 heterocycles. The van der Waals surface area contributed by atoms with Crippen molar-refractivity contribution in [2.24, 2.45) is 0 Å². The van der Waals surface area contributed by atoms with E-state index in [0.717, 1.165) is 19.0 Å². The minimum absolute atomic E-state index is 0.836. The van der Waals surface area contributed by atoms with Crippen LogP contribution in [0.4, 0.5) is 0 Å². The van der Waals surface area contributed by atoms with Crippen molar-refractivity contribution in [3.05, 3.63) is 16.1 Å². The number of hydrogen-bond donors (Lipinski definition) is 1. The van der Waals surface area contributed by atoms with Gasteiger partial charge in [0, 0.05) is 17.3 Å². The third-order valence-electron chi connectivity index (χ3n) is 2.70. The first-order chi connectivity index (χ1) is 5.95. The van der Waals surface area contributed by atoms with Crippen molar-refractivity contribution in [2.75, 3.05) is 6.54 Å². The van der Waals surface area contributed by atoms with Gasteiger partial charge >= 0.3 is 0 Å². The third-order valence-corrected chi connectivity index (χ3v) is 3.60. The van der Waals surface area contributed by atoms with Crippen LogP contribution < -0.4 is 5.32 Å². The van der Waals surface area contributed by atoms with E-state index in [0.29, 0.717) is 0 Å². The predicted octanol–water partition coefficient (Wildman–Crippen LogP) is 1.67. The Bertz CT molecular complexity index is 301. The van der Waals surface area contributed by atoms with Gasteiger partial charge < -0.3 is 5.32 Å². The molecule has 3 rings (SSSR count). The SMILES string of the molecule is C1Cc2c(C3CC3)nsc2CN1. The van der Waals surface area contributed by atoms with Crippen molar-refractivity contribution in [3.8, 4) is 0 Å². The van der Waals surface area contributed by atoms with Gasteiger partial charge in [-0.1, -0.05) is 0 Å². The molecule has 1 fully saturated rings. The summed E-state index contributed by atoms with van der Waals surface area (Å²) in [6.45, 7) is 2.20. The monoisotopic (exact) mass is 180 g/mol. The van der Waals surface area contributed by atoms with Gasteiger partial charge in [0.25, 0.3) is 0 Å². The number of rotatable bonds is 1. The Morgan fingerprint density at radius 2 is 2.33 bits per heavy atom. The van der Waals surface area contributed by atoms with Gasteiger partial charge in [0.05, 0.1) is 5.69 Å². The second kappa shape index (κ2) is 2.54. The van der Waals surface area contributed by atoms with Crippen LogP contribution in [0.25, 0.3) is 0 Å². The maximum atomic E-state index is 4.56. The van der Waals surface area contributed by atoms with E-state index in [4.69, 9.17) is 0 Å². The summed E-state index contributed by atoms with van der Waals surface area (Å²) in [5.41, 5.74) is 3.03. The fourth-order valence-corrected chi connectivity index (χ4v) is 2.81. The quantitative estimate of drug-likeness (QED) is 0.711. The summed E-state index contributed by atoms with van der Waals surface area (Å²) >= 11 is 1.71. The maximum Gasteiger partial charge on any atom is 0.0608 e. The first-order valence-electron chi connectivity index (χ1n) is 4.63. The molecule has 2 nitrogen and oxygen atoms in total. The molecule has 3 heteroatoms. The molecule has 0 spiro atoms. The molecule has 1 aliphatic carbocycles. The zero-order valence-corrected chi connectivity index (χ0v) is 7.78. The largest absolute Gasteiger partial charge is 0.311 e. The highest BCUT2D eigenvalue weighted by molar-refractivity contribution is 7.06. The highest BCUT2D eigenvalue weighted by Crippen LogP contribution is 2.43. The van der Waals surface area contributed by atoms with E-state index in [1.165, 1.54) is 29.8 Å². The van der Waals surface area contributed by atoms with Crippen LogP contribution in [0.1, 0.15) is 34.9 Å². The Kier molecular flexibility index (Phi) is 1.49. The van der Waals surface area contributed by atoms with Crippen molar-refractivity contribution in [1.29, 1.82) is 0 Å². The highest BCUT2D eigenvalue weighted by Gasteiger charge is 2.30. The van der Waals surface area contributed by atoms with Gasteiger partial charge in [-0.15, -0.1) is 0 Å². The molecule has 0 amide bonds. The Morgan fingerprint density at radius 3 is 3.17 bits per heavy atom. The molecule has 12 heavy (non-hydrogen) atoms. The fraction of sp³-hybridized carbons (Fsp3) is 0.667. The first kappa shape index (κ1) is 7.04. The molecular weight excluding hydrogens is 168 g/mol. The molecule has 0 saturated heterocycles. The molecule has 0 atom stereocenters. The number of hydrogen-bond acceptors (Lipinski definition) is 3. The fourth-order valence-electron chi connectivity index (χ4n) is 1.86. The Balaban J connectivity index is 2.03. The number of nitrogens with zero attached hydrogens (tertiary/aromatic N) is 1. The maximum absolute atomic E-state index is 4.56. The standard InChI is InChI=1S/C9H12N2S/c1-2-6(1)9-7-3-4-10-5-8(7)12-11-9/h6,10H,1-5H2. The van der Waals surface area contributed by atoms with Crippen molar-refractivity contribution in [1.82, 2.24) is 9.69 Å². The van der Waals surface area contributed by atoms with Crippen LogP contribution in [-0.4, -0.2) is 10.9 Å². The summed E-state index contributed by atoms with van der Waals surface area (Å²) in [4.78, 5) is 1.49. The predicted molar refractivity (Wildman–Crippen MR) is 49.5 cm³/mol. The van der Waals surface area contributed by atoms with E-state index in [-0.39, 0.29) is 0 Å². The minimum Gasteiger partial charge on any atom is -0.311 e. The van der Waals surface area contributed by atoms with Gasteiger partial charge in [-0.25, -0.2) is 0 Å². The molecule has 0 radical (unpaired) electrons. The van der Waals surface area contributed by atoms with E-state index in [1.54, 1.807) is 17.1 Å². The van der Waals surface area contributed by atoms with Crippen LogP contribution in [0.15, 0.2) is 0 Å². The summed E-state index contributed by atoms with van der Waals surface area (Å²) in [7, 11) is 0. The van der Waals surface area contributed by atoms with Crippen LogP contribution in [0.3, 0.4) is 0 Å².